The van der Waals surface area contributed by atoms with Crippen molar-refractivity contribution in [1.82, 2.24) is 25.5 Å². The van der Waals surface area contributed by atoms with Gasteiger partial charge in [-0.3, -0.25) is 4.79 Å². The van der Waals surface area contributed by atoms with Crippen LogP contribution in [0.5, 0.6) is 0 Å². The zero-order valence-corrected chi connectivity index (χ0v) is 20.2. The number of alkyl halides is 3. The molecule has 0 fully saturated rings. The van der Waals surface area contributed by atoms with Crippen LogP contribution in [0.3, 0.4) is 0 Å². The largest absolute Gasteiger partial charge is 0.453 e. The van der Waals surface area contributed by atoms with E-state index in [1.54, 1.807) is 19.1 Å². The highest BCUT2D eigenvalue weighted by Crippen LogP contribution is 2.34. The number of furan rings is 1. The maximum atomic E-state index is 13.5. The molecule has 0 aliphatic heterocycles. The van der Waals surface area contributed by atoms with Gasteiger partial charge in [0.25, 0.3) is 5.91 Å². The van der Waals surface area contributed by atoms with Crippen LogP contribution in [-0.4, -0.2) is 45.3 Å². The molecule has 0 saturated heterocycles. The summed E-state index contributed by atoms with van der Waals surface area (Å²) < 4.78 is 51.1. The Kier molecular flexibility index (Phi) is 7.90. The molecule has 0 spiro atoms. The number of halogens is 3. The van der Waals surface area contributed by atoms with Crippen molar-refractivity contribution in [1.29, 1.82) is 0 Å². The normalized spacial score (nSPS) is 11.5. The van der Waals surface area contributed by atoms with Gasteiger partial charge < -0.3 is 25.5 Å². The number of alkyl carbamates (subject to hydrolysis) is 1. The first-order chi connectivity index (χ1) is 18.2. The van der Waals surface area contributed by atoms with E-state index in [0.29, 0.717) is 17.4 Å². The van der Waals surface area contributed by atoms with E-state index in [2.05, 4.69) is 26.0 Å². The van der Waals surface area contributed by atoms with E-state index in [4.69, 9.17) is 14.9 Å². The third-order valence-corrected chi connectivity index (χ3v) is 5.37. The van der Waals surface area contributed by atoms with Gasteiger partial charge >= 0.3 is 12.3 Å². The highest BCUT2D eigenvalue weighted by Gasteiger charge is 2.33. The molecule has 0 unspecified atom stereocenters. The molecule has 0 saturated carbocycles. The van der Waals surface area contributed by atoms with Crippen LogP contribution in [0.2, 0.25) is 0 Å². The molecule has 38 heavy (non-hydrogen) atoms. The number of hydrogen-bond acceptors (Lipinski definition) is 8. The number of benzene rings is 2. The summed E-state index contributed by atoms with van der Waals surface area (Å²) in [6.45, 7) is 2.03. The summed E-state index contributed by atoms with van der Waals surface area (Å²) >= 11 is 0. The van der Waals surface area contributed by atoms with E-state index >= 15 is 0 Å². The minimum Gasteiger partial charge on any atom is -0.453 e. The number of nitrogens with one attached hydrogen (secondary N) is 2. The van der Waals surface area contributed by atoms with Gasteiger partial charge in [0.2, 0.25) is 12.6 Å². The zero-order valence-electron chi connectivity index (χ0n) is 20.2. The van der Waals surface area contributed by atoms with Crippen LogP contribution >= 0.6 is 0 Å². The molecule has 200 valence electrons. The monoisotopic (exact) mass is 531 g/mol. The number of aromatic nitrogens is 4. The summed E-state index contributed by atoms with van der Waals surface area (Å²) in [5, 5.41) is 17.3. The molecule has 0 aliphatic carbocycles. The van der Waals surface area contributed by atoms with E-state index in [-0.39, 0.29) is 54.6 Å². The molecular weight excluding hydrogens is 507 g/mol. The lowest BCUT2D eigenvalue weighted by Gasteiger charge is -2.14. The topological polar surface area (TPSA) is 150 Å². The summed E-state index contributed by atoms with van der Waals surface area (Å²) in [6.07, 6.45) is -4.38. The number of ether oxygens (including phenoxy) is 1. The summed E-state index contributed by atoms with van der Waals surface area (Å²) in [5.74, 6) is -0.238. The quantitative estimate of drug-likeness (QED) is 0.294. The first-order valence-electron chi connectivity index (χ1n) is 11.6. The Hall–Kier alpha value is -4.46. The SMILES string of the molecule is CCCc1ccc(NC(=O)c2ccc3cc(-c4nnn(COC(=O)NCCN)n4)oc3c2)cc1C(F)(F)F. The highest BCUT2D eigenvalue weighted by molar-refractivity contribution is 6.06. The van der Waals surface area contributed by atoms with E-state index < -0.39 is 23.7 Å². The molecular formula is C24H24F3N7O4. The zero-order chi connectivity index (χ0) is 27.3. The van der Waals surface area contributed by atoms with Crippen LogP contribution in [0.4, 0.5) is 23.7 Å². The van der Waals surface area contributed by atoms with Gasteiger partial charge in [0.15, 0.2) is 5.76 Å². The fraction of sp³-hybridized carbons (Fsp3) is 0.292. The predicted octanol–water partition coefficient (Wildman–Crippen LogP) is 3.95. The van der Waals surface area contributed by atoms with E-state index in [9.17, 15) is 22.8 Å². The van der Waals surface area contributed by atoms with Crippen LogP contribution in [-0.2, 0) is 24.1 Å². The number of fused-ring (bicyclic) bond motifs is 1. The average molecular weight is 531 g/mol. The second-order valence-corrected chi connectivity index (χ2v) is 8.20. The first kappa shape index (κ1) is 26.6. The molecule has 2 heterocycles. The van der Waals surface area contributed by atoms with Gasteiger partial charge in [-0.2, -0.15) is 13.2 Å². The van der Waals surface area contributed by atoms with Crippen molar-refractivity contribution in [3.63, 3.8) is 0 Å². The lowest BCUT2D eigenvalue weighted by atomic mass is 10.0. The number of anilines is 1. The summed E-state index contributed by atoms with van der Waals surface area (Å²) in [7, 11) is 0. The van der Waals surface area contributed by atoms with Gasteiger partial charge in [-0.25, -0.2) is 4.79 Å². The van der Waals surface area contributed by atoms with E-state index in [0.717, 1.165) is 10.9 Å². The van der Waals surface area contributed by atoms with Crippen molar-refractivity contribution in [2.45, 2.75) is 32.7 Å². The maximum Gasteiger partial charge on any atom is 0.416 e. The minimum atomic E-state index is -4.53. The number of hydrogen-bond donors (Lipinski definition) is 3. The predicted molar refractivity (Wildman–Crippen MR) is 130 cm³/mol. The Labute approximate surface area is 214 Å². The van der Waals surface area contributed by atoms with Crippen molar-refractivity contribution < 1.29 is 31.9 Å². The van der Waals surface area contributed by atoms with Gasteiger partial charge in [0, 0.05) is 29.7 Å². The second kappa shape index (κ2) is 11.3. The number of carbonyl (C=O) groups excluding carboxylic acids is 2. The molecule has 14 heteroatoms. The van der Waals surface area contributed by atoms with E-state index in [1.165, 1.54) is 24.3 Å². The first-order valence-corrected chi connectivity index (χ1v) is 11.6. The third-order valence-electron chi connectivity index (χ3n) is 5.37. The highest BCUT2D eigenvalue weighted by atomic mass is 19.4. The van der Waals surface area contributed by atoms with Crippen LogP contribution in [0.15, 0.2) is 46.9 Å². The molecule has 2 amide bonds. The minimum absolute atomic E-state index is 0.0298. The standard InChI is InChI=1S/C24H24F3N7O4/c1-2-3-14-6-7-17(12-18(14)24(25,26)27)30-22(35)16-5-4-15-10-20(38-19(15)11-16)21-31-33-34(32-21)13-37-23(36)29-9-8-28/h4-7,10-12H,2-3,8-9,13,28H2,1H3,(H,29,36)(H,30,35). The molecule has 0 bridgehead atoms. The van der Waals surface area contributed by atoms with Crippen molar-refractivity contribution >= 4 is 28.7 Å². The molecule has 11 nitrogen and oxygen atoms in total. The molecule has 4 rings (SSSR count). The van der Waals surface area contributed by atoms with Crippen molar-refractivity contribution in [2.24, 2.45) is 5.73 Å². The summed E-state index contributed by atoms with van der Waals surface area (Å²) in [4.78, 5) is 25.3. The summed E-state index contributed by atoms with van der Waals surface area (Å²) in [6, 6.07) is 10.00. The number of carbonyl (C=O) groups is 2. The van der Waals surface area contributed by atoms with Crippen molar-refractivity contribution in [3.8, 4) is 11.6 Å². The molecule has 0 radical (unpaired) electrons. The lowest BCUT2D eigenvalue weighted by Crippen LogP contribution is -2.30. The van der Waals surface area contributed by atoms with Crippen LogP contribution in [0.25, 0.3) is 22.6 Å². The molecule has 4 N–H and O–H groups in total. The number of nitrogens with zero attached hydrogens (tertiary/aromatic N) is 4. The van der Waals surface area contributed by atoms with Crippen LogP contribution in [0.1, 0.15) is 34.8 Å². The summed E-state index contributed by atoms with van der Waals surface area (Å²) in [5.41, 5.74) is 5.24. The van der Waals surface area contributed by atoms with Gasteiger partial charge in [-0.05, 0) is 47.5 Å². The smallest absolute Gasteiger partial charge is 0.416 e. The Morgan fingerprint density at radius 3 is 2.71 bits per heavy atom. The molecule has 4 aromatic rings. The average Bonchev–Trinajstić information content (AvgIpc) is 3.53. The molecule has 0 aliphatic rings. The lowest BCUT2D eigenvalue weighted by molar-refractivity contribution is -0.138. The third kappa shape index (κ3) is 6.26. The number of tetrazole rings is 1. The second-order valence-electron chi connectivity index (χ2n) is 8.20. The van der Waals surface area contributed by atoms with Crippen LogP contribution < -0.4 is 16.4 Å². The Morgan fingerprint density at radius 2 is 1.97 bits per heavy atom. The Balaban J connectivity index is 1.47. The number of aryl methyl sites for hydroxylation is 1. The van der Waals surface area contributed by atoms with Gasteiger partial charge in [-0.15, -0.1) is 15.0 Å². The molecule has 0 atom stereocenters. The maximum absolute atomic E-state index is 13.5. The van der Waals surface area contributed by atoms with Crippen molar-refractivity contribution in [2.75, 3.05) is 18.4 Å². The van der Waals surface area contributed by atoms with Gasteiger partial charge in [0.05, 0.1) is 5.56 Å². The van der Waals surface area contributed by atoms with E-state index in [1.807, 2.05) is 0 Å². The van der Waals surface area contributed by atoms with Gasteiger partial charge in [0.1, 0.15) is 5.58 Å². The number of rotatable bonds is 9. The van der Waals surface area contributed by atoms with Crippen LogP contribution in [0, 0.1) is 0 Å². The number of nitrogens with two attached hydrogens (primary N) is 1. The fourth-order valence-electron chi connectivity index (χ4n) is 3.63. The van der Waals surface area contributed by atoms with Crippen molar-refractivity contribution in [3.05, 3.63) is 59.2 Å². The Morgan fingerprint density at radius 1 is 1.16 bits per heavy atom. The molecule has 2 aromatic carbocycles. The molecule has 2 aromatic heterocycles. The Bertz CT molecular complexity index is 1450. The van der Waals surface area contributed by atoms with Gasteiger partial charge in [-0.1, -0.05) is 25.5 Å². The fourth-order valence-corrected chi connectivity index (χ4v) is 3.63. The number of amides is 2.